The van der Waals surface area contributed by atoms with Crippen molar-refractivity contribution in [3.05, 3.63) is 36.2 Å². The van der Waals surface area contributed by atoms with Gasteiger partial charge < -0.3 is 10.2 Å². The summed E-state index contributed by atoms with van der Waals surface area (Å²) in [6.45, 7) is 4.24. The molecule has 0 spiro atoms. The van der Waals surface area contributed by atoms with Crippen LogP contribution in [0.5, 0.6) is 0 Å². The van der Waals surface area contributed by atoms with E-state index in [0.717, 1.165) is 25.1 Å². The van der Waals surface area contributed by atoms with Crippen LogP contribution in [0.15, 0.2) is 24.7 Å². The number of nitrogens with zero attached hydrogens (tertiary/aromatic N) is 5. The predicted octanol–water partition coefficient (Wildman–Crippen LogP) is 2.00. The Kier molecular flexibility index (Phi) is 3.95. The summed E-state index contributed by atoms with van der Waals surface area (Å²) in [5.41, 5.74) is 0.867. The molecule has 0 saturated carbocycles. The van der Waals surface area contributed by atoms with Crippen LogP contribution in [-0.4, -0.2) is 37.3 Å². The van der Waals surface area contributed by atoms with Crippen molar-refractivity contribution in [2.24, 2.45) is 0 Å². The molecular weight excluding hydrogens is 280 g/mol. The number of hydrogen-bond acceptors (Lipinski definition) is 6. The predicted molar refractivity (Wildman–Crippen MR) is 81.4 cm³/mol. The molecule has 2 aromatic rings. The molecule has 3 rings (SSSR count). The van der Waals surface area contributed by atoms with Gasteiger partial charge in [-0.3, -0.25) is 9.78 Å². The standard InChI is InChI=1S/C15H18N6O/c1-10-18-12(13-4-3-7-21(13)11(2)22)8-14(19-10)20-15-9-16-5-6-17-15/h5-6,8-9,13H,3-4,7H2,1-2H3,(H,17,18,19,20). The molecule has 0 aromatic carbocycles. The number of amides is 1. The van der Waals surface area contributed by atoms with Gasteiger partial charge in [0.15, 0.2) is 0 Å². The summed E-state index contributed by atoms with van der Waals surface area (Å²) in [5, 5.41) is 3.12. The second-order valence-corrected chi connectivity index (χ2v) is 5.31. The molecule has 3 heterocycles. The van der Waals surface area contributed by atoms with Crippen LogP contribution in [0.4, 0.5) is 11.6 Å². The minimum Gasteiger partial charge on any atom is -0.334 e. The topological polar surface area (TPSA) is 83.9 Å². The van der Waals surface area contributed by atoms with Crippen molar-refractivity contribution >= 4 is 17.5 Å². The smallest absolute Gasteiger partial charge is 0.220 e. The first kappa shape index (κ1) is 14.4. The highest BCUT2D eigenvalue weighted by molar-refractivity contribution is 5.74. The molecule has 0 aliphatic carbocycles. The molecule has 1 fully saturated rings. The molecule has 2 aromatic heterocycles. The fourth-order valence-electron chi connectivity index (χ4n) is 2.77. The second-order valence-electron chi connectivity index (χ2n) is 5.31. The van der Waals surface area contributed by atoms with Crippen molar-refractivity contribution in [2.45, 2.75) is 32.7 Å². The van der Waals surface area contributed by atoms with E-state index in [-0.39, 0.29) is 11.9 Å². The monoisotopic (exact) mass is 298 g/mol. The van der Waals surface area contributed by atoms with Crippen LogP contribution in [-0.2, 0) is 4.79 Å². The van der Waals surface area contributed by atoms with Gasteiger partial charge in [-0.1, -0.05) is 0 Å². The van der Waals surface area contributed by atoms with Gasteiger partial charge in [0.2, 0.25) is 5.91 Å². The Morgan fingerprint density at radius 3 is 2.91 bits per heavy atom. The molecule has 7 nitrogen and oxygen atoms in total. The Hall–Kier alpha value is -2.57. The summed E-state index contributed by atoms with van der Waals surface area (Å²) >= 11 is 0. The Bertz CT molecular complexity index is 675. The third-order valence-corrected chi connectivity index (χ3v) is 3.68. The van der Waals surface area contributed by atoms with E-state index in [0.29, 0.717) is 17.5 Å². The molecule has 1 saturated heterocycles. The van der Waals surface area contributed by atoms with Crippen molar-refractivity contribution in [1.82, 2.24) is 24.8 Å². The van der Waals surface area contributed by atoms with E-state index in [2.05, 4.69) is 25.3 Å². The summed E-state index contributed by atoms with van der Waals surface area (Å²) in [7, 11) is 0. The SMILES string of the molecule is CC(=O)N1CCCC1c1cc(Nc2cnccn2)nc(C)n1. The van der Waals surface area contributed by atoms with E-state index in [1.165, 1.54) is 0 Å². The Balaban J connectivity index is 1.88. The molecule has 1 atom stereocenters. The third-order valence-electron chi connectivity index (χ3n) is 3.68. The molecule has 1 aliphatic heterocycles. The number of likely N-dealkylation sites (tertiary alicyclic amines) is 1. The lowest BCUT2D eigenvalue weighted by molar-refractivity contribution is -0.129. The Labute approximate surface area is 128 Å². The van der Waals surface area contributed by atoms with Gasteiger partial charge in [0.05, 0.1) is 17.9 Å². The van der Waals surface area contributed by atoms with E-state index in [1.807, 2.05) is 17.9 Å². The highest BCUT2D eigenvalue weighted by Crippen LogP contribution is 2.31. The van der Waals surface area contributed by atoms with Crippen LogP contribution in [0.1, 0.15) is 37.3 Å². The maximum Gasteiger partial charge on any atom is 0.220 e. The van der Waals surface area contributed by atoms with E-state index in [9.17, 15) is 4.79 Å². The zero-order valence-electron chi connectivity index (χ0n) is 12.7. The largest absolute Gasteiger partial charge is 0.334 e. The minimum atomic E-state index is 0.0293. The summed E-state index contributed by atoms with van der Waals surface area (Å²) in [6, 6.07) is 1.91. The normalized spacial score (nSPS) is 17.5. The van der Waals surface area contributed by atoms with E-state index < -0.39 is 0 Å². The highest BCUT2D eigenvalue weighted by Gasteiger charge is 2.29. The number of anilines is 2. The first-order chi connectivity index (χ1) is 10.6. The fraction of sp³-hybridized carbons (Fsp3) is 0.400. The number of carbonyl (C=O) groups excluding carboxylic acids is 1. The number of hydrogen-bond donors (Lipinski definition) is 1. The second kappa shape index (κ2) is 6.05. The summed E-state index contributed by atoms with van der Waals surface area (Å²) in [5.74, 6) is 2.04. The van der Waals surface area contributed by atoms with E-state index >= 15 is 0 Å². The van der Waals surface area contributed by atoms with Crippen LogP contribution in [0.25, 0.3) is 0 Å². The van der Waals surface area contributed by atoms with Gasteiger partial charge in [-0.2, -0.15) is 0 Å². The summed E-state index contributed by atoms with van der Waals surface area (Å²) in [4.78, 5) is 30.7. The molecule has 7 heteroatoms. The molecule has 1 amide bonds. The van der Waals surface area contributed by atoms with Gasteiger partial charge in [-0.15, -0.1) is 0 Å². The molecule has 0 bridgehead atoms. The van der Waals surface area contributed by atoms with E-state index in [1.54, 1.807) is 25.5 Å². The van der Waals surface area contributed by atoms with E-state index in [4.69, 9.17) is 0 Å². The maximum atomic E-state index is 11.7. The van der Waals surface area contributed by atoms with Gasteiger partial charge in [-0.05, 0) is 19.8 Å². The van der Waals surface area contributed by atoms with Crippen molar-refractivity contribution in [1.29, 1.82) is 0 Å². The number of rotatable bonds is 3. The van der Waals surface area contributed by atoms with Gasteiger partial charge in [0.1, 0.15) is 17.5 Å². The number of aromatic nitrogens is 4. The molecule has 22 heavy (non-hydrogen) atoms. The van der Waals surface area contributed by atoms with Crippen LogP contribution < -0.4 is 5.32 Å². The fourth-order valence-corrected chi connectivity index (χ4v) is 2.77. The van der Waals surface area contributed by atoms with Gasteiger partial charge >= 0.3 is 0 Å². The third kappa shape index (κ3) is 3.03. The average molecular weight is 298 g/mol. The highest BCUT2D eigenvalue weighted by atomic mass is 16.2. The lowest BCUT2D eigenvalue weighted by Crippen LogP contribution is -2.28. The molecule has 0 radical (unpaired) electrons. The molecule has 1 aliphatic rings. The van der Waals surface area contributed by atoms with Gasteiger partial charge in [-0.25, -0.2) is 15.0 Å². The lowest BCUT2D eigenvalue weighted by Gasteiger charge is -2.23. The lowest BCUT2D eigenvalue weighted by atomic mass is 10.1. The molecule has 1 N–H and O–H groups in total. The van der Waals surface area contributed by atoms with Gasteiger partial charge in [0, 0.05) is 31.9 Å². The number of carbonyl (C=O) groups is 1. The molecule has 114 valence electrons. The van der Waals surface area contributed by atoms with Crippen molar-refractivity contribution in [3.8, 4) is 0 Å². The number of nitrogens with one attached hydrogen (secondary N) is 1. The molecule has 1 unspecified atom stereocenters. The van der Waals surface area contributed by atoms with Crippen molar-refractivity contribution in [2.75, 3.05) is 11.9 Å². The number of aryl methyl sites for hydroxylation is 1. The first-order valence-electron chi connectivity index (χ1n) is 7.29. The first-order valence-corrected chi connectivity index (χ1v) is 7.29. The Morgan fingerprint density at radius 1 is 1.32 bits per heavy atom. The summed E-state index contributed by atoms with van der Waals surface area (Å²) < 4.78 is 0. The van der Waals surface area contributed by atoms with Crippen LogP contribution in [0.3, 0.4) is 0 Å². The van der Waals surface area contributed by atoms with Crippen molar-refractivity contribution in [3.63, 3.8) is 0 Å². The summed E-state index contributed by atoms with van der Waals surface area (Å²) in [6.07, 6.45) is 6.80. The average Bonchev–Trinajstić information content (AvgIpc) is 2.97. The quantitative estimate of drug-likeness (QED) is 0.933. The van der Waals surface area contributed by atoms with Gasteiger partial charge in [0.25, 0.3) is 0 Å². The zero-order valence-corrected chi connectivity index (χ0v) is 12.7. The zero-order chi connectivity index (χ0) is 15.5. The maximum absolute atomic E-state index is 11.7. The Morgan fingerprint density at radius 2 is 2.18 bits per heavy atom. The van der Waals surface area contributed by atoms with Crippen molar-refractivity contribution < 1.29 is 4.79 Å². The minimum absolute atomic E-state index is 0.0293. The van der Waals surface area contributed by atoms with Crippen LogP contribution in [0.2, 0.25) is 0 Å². The van der Waals surface area contributed by atoms with Crippen LogP contribution >= 0.6 is 0 Å². The molecular formula is C15H18N6O. The van der Waals surface area contributed by atoms with Crippen LogP contribution in [0, 0.1) is 6.92 Å².